The van der Waals surface area contributed by atoms with E-state index in [2.05, 4.69) is 4.98 Å². The van der Waals surface area contributed by atoms with Crippen LogP contribution in [0.3, 0.4) is 0 Å². The van der Waals surface area contributed by atoms with Crippen molar-refractivity contribution in [3.8, 4) is 0 Å². The van der Waals surface area contributed by atoms with Gasteiger partial charge in [-0.25, -0.2) is 21.6 Å². The summed E-state index contributed by atoms with van der Waals surface area (Å²) in [6, 6.07) is 4.17. The molecule has 1 saturated heterocycles. The number of piperidine rings is 1. The van der Waals surface area contributed by atoms with Crippen molar-refractivity contribution in [1.29, 1.82) is 0 Å². The first kappa shape index (κ1) is 16.9. The van der Waals surface area contributed by atoms with Gasteiger partial charge in [-0.1, -0.05) is 0 Å². The van der Waals surface area contributed by atoms with E-state index in [0.29, 0.717) is 25.0 Å². The molecule has 1 unspecified atom stereocenters. The zero-order chi connectivity index (χ0) is 17.3. The van der Waals surface area contributed by atoms with E-state index in [9.17, 15) is 21.6 Å². The highest BCUT2D eigenvalue weighted by atomic mass is 32.2. The Balaban J connectivity index is 1.91. The lowest BCUT2D eigenvalue weighted by molar-refractivity contribution is 0.305. The van der Waals surface area contributed by atoms with E-state index >= 15 is 0 Å². The van der Waals surface area contributed by atoms with E-state index in [4.69, 9.17) is 0 Å². The fourth-order valence-corrected chi connectivity index (χ4v) is 4.48. The topological polar surface area (TPSA) is 50.3 Å². The van der Waals surface area contributed by atoms with Crippen molar-refractivity contribution in [3.05, 3.63) is 59.7 Å². The van der Waals surface area contributed by atoms with Crippen LogP contribution in [0.5, 0.6) is 0 Å². The van der Waals surface area contributed by atoms with Crippen LogP contribution in [-0.2, 0) is 10.0 Å². The molecule has 1 aliphatic heterocycles. The molecule has 1 aromatic carbocycles. The summed E-state index contributed by atoms with van der Waals surface area (Å²) in [4.78, 5) is 3.83. The first-order chi connectivity index (χ1) is 11.4. The fraction of sp³-hybridized carbons (Fsp3) is 0.312. The van der Waals surface area contributed by atoms with Gasteiger partial charge < -0.3 is 0 Å². The van der Waals surface area contributed by atoms with Crippen molar-refractivity contribution < 1.29 is 21.6 Å². The van der Waals surface area contributed by atoms with Gasteiger partial charge in [-0.2, -0.15) is 4.31 Å². The smallest absolute Gasteiger partial charge is 0.244 e. The number of pyridine rings is 1. The van der Waals surface area contributed by atoms with Gasteiger partial charge in [0.1, 0.15) is 22.3 Å². The molecule has 2 heterocycles. The first-order valence-electron chi connectivity index (χ1n) is 7.44. The molecule has 128 valence electrons. The molecule has 2 aromatic rings. The molecule has 0 saturated carbocycles. The monoisotopic (exact) mass is 356 g/mol. The molecule has 1 aromatic heterocycles. The van der Waals surface area contributed by atoms with Crippen LogP contribution < -0.4 is 0 Å². The molecule has 0 amide bonds. The fourth-order valence-electron chi connectivity index (χ4n) is 2.99. The maximum atomic E-state index is 14.0. The second kappa shape index (κ2) is 6.52. The van der Waals surface area contributed by atoms with Gasteiger partial charge in [0.15, 0.2) is 0 Å². The third-order valence-corrected chi connectivity index (χ3v) is 5.96. The van der Waals surface area contributed by atoms with Gasteiger partial charge in [0.2, 0.25) is 10.0 Å². The van der Waals surface area contributed by atoms with Crippen molar-refractivity contribution in [2.24, 2.45) is 0 Å². The third-order valence-electron chi connectivity index (χ3n) is 4.11. The Morgan fingerprint density at radius 3 is 2.50 bits per heavy atom. The molecule has 24 heavy (non-hydrogen) atoms. The number of hydrogen-bond acceptors (Lipinski definition) is 3. The molecule has 1 atom stereocenters. The lowest BCUT2D eigenvalue weighted by Crippen LogP contribution is -2.39. The van der Waals surface area contributed by atoms with Gasteiger partial charge in [-0.3, -0.25) is 4.98 Å². The van der Waals surface area contributed by atoms with Crippen molar-refractivity contribution in [1.82, 2.24) is 9.29 Å². The summed E-state index contributed by atoms with van der Waals surface area (Å²) < 4.78 is 67.5. The van der Waals surface area contributed by atoms with Gasteiger partial charge in [0.05, 0.1) is 0 Å². The summed E-state index contributed by atoms with van der Waals surface area (Å²) in [5, 5.41) is 0. The van der Waals surface area contributed by atoms with Crippen LogP contribution in [-0.4, -0.2) is 30.8 Å². The van der Waals surface area contributed by atoms with E-state index in [1.807, 2.05) is 0 Å². The molecule has 1 aliphatic rings. The minimum Gasteiger partial charge on any atom is -0.263 e. The number of hydrogen-bond donors (Lipinski definition) is 0. The van der Waals surface area contributed by atoms with E-state index in [1.54, 1.807) is 0 Å². The van der Waals surface area contributed by atoms with Gasteiger partial charge in [0, 0.05) is 49.1 Å². The maximum Gasteiger partial charge on any atom is 0.244 e. The summed E-state index contributed by atoms with van der Waals surface area (Å²) in [6.45, 7) is 0.203. The number of rotatable bonds is 3. The molecule has 8 heteroatoms. The van der Waals surface area contributed by atoms with Crippen LogP contribution in [0.1, 0.15) is 24.3 Å². The average molecular weight is 356 g/mol. The number of sulfonamides is 1. The Kier molecular flexibility index (Phi) is 4.60. The Labute approximate surface area is 138 Å². The maximum absolute atomic E-state index is 14.0. The second-order valence-electron chi connectivity index (χ2n) is 5.67. The quantitative estimate of drug-likeness (QED) is 0.849. The molecule has 0 spiro atoms. The van der Waals surface area contributed by atoms with Crippen LogP contribution in [0.15, 0.2) is 41.6 Å². The molecule has 3 rings (SSSR count). The van der Waals surface area contributed by atoms with E-state index in [1.165, 1.54) is 28.8 Å². The van der Waals surface area contributed by atoms with Gasteiger partial charge in [0.25, 0.3) is 0 Å². The van der Waals surface area contributed by atoms with Gasteiger partial charge in [-0.15, -0.1) is 0 Å². The molecule has 1 fully saturated rings. The van der Waals surface area contributed by atoms with E-state index < -0.39 is 33.4 Å². The molecular formula is C16H15F3N2O2S. The minimum absolute atomic E-state index is 0.0331. The Morgan fingerprint density at radius 2 is 1.88 bits per heavy atom. The minimum atomic E-state index is -3.78. The van der Waals surface area contributed by atoms with Crippen molar-refractivity contribution in [3.63, 3.8) is 0 Å². The lowest BCUT2D eigenvalue weighted by atomic mass is 9.91. The molecule has 0 N–H and O–H groups in total. The summed E-state index contributed by atoms with van der Waals surface area (Å²) in [6.07, 6.45) is 3.58. The van der Waals surface area contributed by atoms with Crippen LogP contribution in [0, 0.1) is 17.5 Å². The van der Waals surface area contributed by atoms with Gasteiger partial charge >= 0.3 is 0 Å². The standard InChI is InChI=1S/C16H15F3N2O2S/c17-12-7-14(18)16(15(19)8-12)11-3-2-6-21(10-11)24(22,23)13-4-1-5-20-9-13/h1,4-5,7-9,11H,2-3,6,10H2. The summed E-state index contributed by atoms with van der Waals surface area (Å²) in [5.74, 6) is -3.63. The first-order valence-corrected chi connectivity index (χ1v) is 8.88. The number of aromatic nitrogens is 1. The second-order valence-corrected chi connectivity index (χ2v) is 7.61. The highest BCUT2D eigenvalue weighted by Gasteiger charge is 2.33. The van der Waals surface area contributed by atoms with E-state index in [-0.39, 0.29) is 23.5 Å². The SMILES string of the molecule is O=S(=O)(c1cccnc1)N1CCCC(c2c(F)cc(F)cc2F)C1. The Morgan fingerprint density at radius 1 is 1.17 bits per heavy atom. The predicted molar refractivity (Wildman–Crippen MR) is 81.3 cm³/mol. The predicted octanol–water partition coefficient (Wildman–Crippen LogP) is 3.07. The number of benzene rings is 1. The van der Waals surface area contributed by atoms with Crippen LogP contribution in [0.4, 0.5) is 13.2 Å². The Hall–Kier alpha value is -1.93. The molecular weight excluding hydrogens is 341 g/mol. The lowest BCUT2D eigenvalue weighted by Gasteiger charge is -2.32. The Bertz CT molecular complexity index is 821. The molecule has 0 bridgehead atoms. The summed E-state index contributed by atoms with van der Waals surface area (Å²) in [5.41, 5.74) is -0.262. The van der Waals surface area contributed by atoms with Gasteiger partial charge in [-0.05, 0) is 25.0 Å². The van der Waals surface area contributed by atoms with Crippen molar-refractivity contribution in [2.45, 2.75) is 23.7 Å². The molecule has 4 nitrogen and oxygen atoms in total. The zero-order valence-electron chi connectivity index (χ0n) is 12.6. The summed E-state index contributed by atoms with van der Waals surface area (Å²) >= 11 is 0. The largest absolute Gasteiger partial charge is 0.263 e. The van der Waals surface area contributed by atoms with Crippen LogP contribution in [0.2, 0.25) is 0 Å². The molecule has 0 radical (unpaired) electrons. The van der Waals surface area contributed by atoms with E-state index in [0.717, 1.165) is 0 Å². The highest BCUT2D eigenvalue weighted by molar-refractivity contribution is 7.89. The number of halogens is 3. The molecule has 0 aliphatic carbocycles. The van der Waals surface area contributed by atoms with Crippen molar-refractivity contribution >= 4 is 10.0 Å². The van der Waals surface area contributed by atoms with Crippen LogP contribution >= 0.6 is 0 Å². The highest BCUT2D eigenvalue weighted by Crippen LogP contribution is 2.33. The summed E-state index contributed by atoms with van der Waals surface area (Å²) in [7, 11) is -3.78. The van der Waals surface area contributed by atoms with Crippen LogP contribution in [0.25, 0.3) is 0 Å². The number of nitrogens with zero attached hydrogens (tertiary/aromatic N) is 2. The third kappa shape index (κ3) is 3.16. The normalized spacial score (nSPS) is 19.4. The average Bonchev–Trinajstić information content (AvgIpc) is 2.55. The zero-order valence-corrected chi connectivity index (χ0v) is 13.4. The van der Waals surface area contributed by atoms with Crippen molar-refractivity contribution in [2.75, 3.05) is 13.1 Å².